The molecule has 0 aliphatic heterocycles. The smallest absolute Gasteiger partial charge is 0.161 e. The maximum Gasteiger partial charge on any atom is 0.161 e. The highest BCUT2D eigenvalue weighted by Gasteiger charge is 2.26. The Bertz CT molecular complexity index is 268. The van der Waals surface area contributed by atoms with Gasteiger partial charge in [0.15, 0.2) is 5.78 Å². The van der Waals surface area contributed by atoms with Gasteiger partial charge < -0.3 is 5.11 Å². The van der Waals surface area contributed by atoms with Crippen LogP contribution in [0.2, 0.25) is 0 Å². The first kappa shape index (κ1) is 9.02. The number of rotatable bonds is 2. The summed E-state index contributed by atoms with van der Waals surface area (Å²) in [5, 5.41) is 9.31. The predicted molar refractivity (Wildman–Crippen MR) is 46.4 cm³/mol. The average molecular weight is 164 g/mol. The topological polar surface area (TPSA) is 37.3 Å². The molecule has 1 aliphatic rings. The Morgan fingerprint density at radius 1 is 1.75 bits per heavy atom. The Morgan fingerprint density at radius 2 is 2.42 bits per heavy atom. The summed E-state index contributed by atoms with van der Waals surface area (Å²) in [6, 6.07) is 0. The SMILES string of the molecule is C#CCCC1=C(C)C(O)CC1=O. The molecule has 64 valence electrons. The molecule has 1 N–H and O–H groups in total. The van der Waals surface area contributed by atoms with Crippen LogP contribution < -0.4 is 0 Å². The van der Waals surface area contributed by atoms with Crippen molar-refractivity contribution in [2.45, 2.75) is 32.3 Å². The second-order valence-corrected chi connectivity index (χ2v) is 3.01. The van der Waals surface area contributed by atoms with E-state index in [2.05, 4.69) is 5.92 Å². The van der Waals surface area contributed by atoms with Crippen LogP contribution >= 0.6 is 0 Å². The fraction of sp³-hybridized carbons (Fsp3) is 0.500. The van der Waals surface area contributed by atoms with E-state index in [0.717, 1.165) is 11.1 Å². The summed E-state index contributed by atoms with van der Waals surface area (Å²) >= 11 is 0. The quantitative estimate of drug-likeness (QED) is 0.619. The third-order valence-corrected chi connectivity index (χ3v) is 2.21. The van der Waals surface area contributed by atoms with Gasteiger partial charge in [0.2, 0.25) is 0 Å². The standard InChI is InChI=1S/C10H12O2/c1-3-4-5-8-7(2)9(11)6-10(8)12/h1,9,11H,4-6H2,2H3. The molecule has 0 aromatic heterocycles. The number of aliphatic hydroxyl groups is 1. The molecule has 0 aromatic rings. The molecule has 0 bridgehead atoms. The lowest BCUT2D eigenvalue weighted by Gasteiger charge is -2.00. The van der Waals surface area contributed by atoms with Gasteiger partial charge in [-0.3, -0.25) is 4.79 Å². The lowest BCUT2D eigenvalue weighted by Crippen LogP contribution is -2.03. The highest BCUT2D eigenvalue weighted by molar-refractivity contribution is 5.99. The van der Waals surface area contributed by atoms with Gasteiger partial charge in [0.05, 0.1) is 6.10 Å². The molecule has 12 heavy (non-hydrogen) atoms. The van der Waals surface area contributed by atoms with E-state index in [-0.39, 0.29) is 12.2 Å². The third kappa shape index (κ3) is 1.57. The summed E-state index contributed by atoms with van der Waals surface area (Å²) in [4.78, 5) is 11.2. The Morgan fingerprint density at radius 3 is 2.83 bits per heavy atom. The van der Waals surface area contributed by atoms with Crippen molar-refractivity contribution in [2.75, 3.05) is 0 Å². The van der Waals surface area contributed by atoms with E-state index < -0.39 is 6.10 Å². The van der Waals surface area contributed by atoms with Crippen LogP contribution in [0.3, 0.4) is 0 Å². The van der Waals surface area contributed by atoms with Gasteiger partial charge in [-0.2, -0.15) is 0 Å². The maximum absolute atomic E-state index is 11.2. The fourth-order valence-electron chi connectivity index (χ4n) is 1.41. The summed E-state index contributed by atoms with van der Waals surface area (Å²) in [7, 11) is 0. The molecule has 0 radical (unpaired) electrons. The zero-order valence-corrected chi connectivity index (χ0v) is 7.13. The zero-order chi connectivity index (χ0) is 9.14. The highest BCUT2D eigenvalue weighted by Crippen LogP contribution is 2.25. The highest BCUT2D eigenvalue weighted by atomic mass is 16.3. The minimum absolute atomic E-state index is 0.0512. The molecule has 1 rings (SSSR count). The minimum atomic E-state index is -0.565. The molecule has 0 aromatic carbocycles. The predicted octanol–water partition coefficient (Wildman–Crippen LogP) is 1.05. The Labute approximate surface area is 72.3 Å². The van der Waals surface area contributed by atoms with Crippen molar-refractivity contribution in [1.29, 1.82) is 0 Å². The van der Waals surface area contributed by atoms with Crippen molar-refractivity contribution >= 4 is 5.78 Å². The number of hydrogen-bond donors (Lipinski definition) is 1. The van der Waals surface area contributed by atoms with Gasteiger partial charge in [0.1, 0.15) is 0 Å². The van der Waals surface area contributed by atoms with Crippen LogP contribution in [0.5, 0.6) is 0 Å². The van der Waals surface area contributed by atoms with Gasteiger partial charge in [-0.15, -0.1) is 12.3 Å². The van der Waals surface area contributed by atoms with Crippen molar-refractivity contribution in [2.24, 2.45) is 0 Å². The number of hydrogen-bond acceptors (Lipinski definition) is 2. The lowest BCUT2D eigenvalue weighted by atomic mass is 10.1. The molecule has 0 saturated heterocycles. The van der Waals surface area contributed by atoms with Crippen LogP contribution in [0, 0.1) is 12.3 Å². The molecule has 1 unspecified atom stereocenters. The molecule has 2 nitrogen and oxygen atoms in total. The number of aliphatic hydroxyl groups excluding tert-OH is 1. The van der Waals surface area contributed by atoms with Gasteiger partial charge in [-0.25, -0.2) is 0 Å². The molecule has 0 amide bonds. The number of Topliss-reactive ketones (excluding diaryl/α,β-unsaturated/α-hetero) is 1. The van der Waals surface area contributed by atoms with Crippen molar-refractivity contribution in [3.05, 3.63) is 11.1 Å². The van der Waals surface area contributed by atoms with Gasteiger partial charge in [0.25, 0.3) is 0 Å². The van der Waals surface area contributed by atoms with Crippen molar-refractivity contribution in [3.8, 4) is 12.3 Å². The number of ketones is 1. The monoisotopic (exact) mass is 164 g/mol. The van der Waals surface area contributed by atoms with Crippen LogP contribution in [-0.2, 0) is 4.79 Å². The molecule has 0 spiro atoms. The minimum Gasteiger partial charge on any atom is -0.388 e. The summed E-state index contributed by atoms with van der Waals surface area (Å²) in [6.07, 6.45) is 5.95. The van der Waals surface area contributed by atoms with E-state index in [1.807, 2.05) is 0 Å². The van der Waals surface area contributed by atoms with Crippen LogP contribution in [0.1, 0.15) is 26.2 Å². The zero-order valence-electron chi connectivity index (χ0n) is 7.13. The van der Waals surface area contributed by atoms with E-state index >= 15 is 0 Å². The van der Waals surface area contributed by atoms with Gasteiger partial charge in [-0.1, -0.05) is 0 Å². The maximum atomic E-state index is 11.2. The van der Waals surface area contributed by atoms with E-state index in [1.165, 1.54) is 0 Å². The van der Waals surface area contributed by atoms with E-state index in [4.69, 9.17) is 6.42 Å². The molecule has 0 fully saturated rings. The second-order valence-electron chi connectivity index (χ2n) is 3.01. The summed E-state index contributed by atoms with van der Waals surface area (Å²) in [6.45, 7) is 1.79. The van der Waals surface area contributed by atoms with Crippen molar-refractivity contribution in [1.82, 2.24) is 0 Å². The Hall–Kier alpha value is -1.07. The molecule has 2 heteroatoms. The molecular formula is C10H12O2. The summed E-state index contributed by atoms with van der Waals surface area (Å²) in [5.41, 5.74) is 1.54. The largest absolute Gasteiger partial charge is 0.388 e. The van der Waals surface area contributed by atoms with Crippen LogP contribution in [0.4, 0.5) is 0 Å². The Kier molecular flexibility index (Phi) is 2.67. The molecule has 1 atom stereocenters. The van der Waals surface area contributed by atoms with Crippen molar-refractivity contribution in [3.63, 3.8) is 0 Å². The van der Waals surface area contributed by atoms with Gasteiger partial charge in [0, 0.05) is 12.8 Å². The normalized spacial score (nSPS) is 23.1. The first-order valence-corrected chi connectivity index (χ1v) is 4.01. The third-order valence-electron chi connectivity index (χ3n) is 2.21. The molecular weight excluding hydrogens is 152 g/mol. The summed E-state index contributed by atoms with van der Waals surface area (Å²) < 4.78 is 0. The molecule has 1 aliphatic carbocycles. The van der Waals surface area contributed by atoms with Crippen LogP contribution in [-0.4, -0.2) is 17.0 Å². The van der Waals surface area contributed by atoms with Crippen molar-refractivity contribution < 1.29 is 9.90 Å². The van der Waals surface area contributed by atoms with Gasteiger partial charge >= 0.3 is 0 Å². The van der Waals surface area contributed by atoms with E-state index in [0.29, 0.717) is 12.8 Å². The molecule has 0 heterocycles. The Balaban J connectivity index is 2.73. The molecule has 0 saturated carbocycles. The number of carbonyl (C=O) groups excluding carboxylic acids is 1. The van der Waals surface area contributed by atoms with E-state index in [1.54, 1.807) is 6.92 Å². The number of carbonyl (C=O) groups is 1. The average Bonchev–Trinajstić information content (AvgIpc) is 2.25. The fourth-order valence-corrected chi connectivity index (χ4v) is 1.41. The lowest BCUT2D eigenvalue weighted by molar-refractivity contribution is -0.115. The van der Waals surface area contributed by atoms with Crippen LogP contribution in [0.25, 0.3) is 0 Å². The first-order valence-electron chi connectivity index (χ1n) is 4.01. The first-order chi connectivity index (χ1) is 5.66. The van der Waals surface area contributed by atoms with Crippen LogP contribution in [0.15, 0.2) is 11.1 Å². The van der Waals surface area contributed by atoms with Gasteiger partial charge in [-0.05, 0) is 24.5 Å². The second kappa shape index (κ2) is 3.55. The number of allylic oxidation sites excluding steroid dienone is 1. The van der Waals surface area contributed by atoms with E-state index in [9.17, 15) is 9.90 Å². The summed E-state index contributed by atoms with van der Waals surface area (Å²) in [5.74, 6) is 2.53. The number of terminal acetylenes is 1.